The number of halogens is 6. The van der Waals surface area contributed by atoms with Crippen molar-refractivity contribution in [3.63, 3.8) is 0 Å². The number of benzene rings is 2. The van der Waals surface area contributed by atoms with Gasteiger partial charge in [-0.3, -0.25) is 4.79 Å². The minimum Gasteiger partial charge on any atom is -0.444 e. The van der Waals surface area contributed by atoms with Crippen LogP contribution in [0.25, 0.3) is 0 Å². The zero-order valence-corrected chi connectivity index (χ0v) is 88.6. The Morgan fingerprint density at radius 1 is 0.432 bits per heavy atom. The van der Waals surface area contributed by atoms with E-state index >= 15 is 0 Å². The molecule has 0 radical (unpaired) electrons. The lowest BCUT2D eigenvalue weighted by molar-refractivity contribution is 0.0483. The number of ether oxygens (including phenoxy) is 4. The van der Waals surface area contributed by atoms with Crippen molar-refractivity contribution in [2.45, 2.75) is 224 Å². The van der Waals surface area contributed by atoms with Crippen LogP contribution in [-0.2, 0) is 18.9 Å². The van der Waals surface area contributed by atoms with Gasteiger partial charge < -0.3 is 105 Å². The number of anilines is 9. The summed E-state index contributed by atoms with van der Waals surface area (Å²) < 4.78 is 21.5. The fourth-order valence-corrected chi connectivity index (χ4v) is 17.3. The molecule has 0 spiro atoms. The fourth-order valence-electron chi connectivity index (χ4n) is 14.2. The summed E-state index contributed by atoms with van der Waals surface area (Å²) in [5, 5.41) is 53.8. The lowest BCUT2D eigenvalue weighted by Crippen LogP contribution is -2.46. The van der Waals surface area contributed by atoms with Crippen molar-refractivity contribution >= 4 is 180 Å². The molecule has 5 fully saturated rings. The van der Waals surface area contributed by atoms with Gasteiger partial charge in [0.05, 0.1) is 32.5 Å². The summed E-state index contributed by atoms with van der Waals surface area (Å²) >= 11 is 35.7. The topological polar surface area (TPSA) is 602 Å². The zero-order chi connectivity index (χ0) is 104. The Bertz CT molecular complexity index is 5610. The molecule has 0 aliphatic carbocycles. The van der Waals surface area contributed by atoms with Gasteiger partial charge in [0.15, 0.2) is 74.3 Å². The Kier molecular flexibility index (Phi) is 41.8. The Hall–Kier alpha value is -10.9. The van der Waals surface area contributed by atoms with E-state index in [4.69, 9.17) is 122 Å². The van der Waals surface area contributed by atoms with E-state index in [9.17, 15) is 39.8 Å². The number of piperidine rings is 5. The van der Waals surface area contributed by atoms with E-state index in [0.717, 1.165) is 90.4 Å². The van der Waals surface area contributed by atoms with Gasteiger partial charge in [0.25, 0.3) is 5.91 Å². The first-order chi connectivity index (χ1) is 64.8. The molecule has 7 aromatic rings. The predicted octanol–water partition coefficient (Wildman–Crippen LogP) is 16.1. The van der Waals surface area contributed by atoms with E-state index in [1.807, 2.05) is 103 Å². The number of nitriles is 4. The van der Waals surface area contributed by atoms with Crippen LogP contribution in [0.5, 0.6) is 0 Å². The minimum atomic E-state index is -0.659. The number of carbonyl (C=O) groups excluding carboxylic acids is 5. The van der Waals surface area contributed by atoms with Gasteiger partial charge in [-0.15, -0.1) is 0 Å². The highest BCUT2D eigenvalue weighted by Gasteiger charge is 2.39. The normalized spacial score (nSPS) is 16.2. The molecule has 0 unspecified atom stereocenters. The summed E-state index contributed by atoms with van der Waals surface area (Å²) in [5.74, 6) is 2.45. The highest BCUT2D eigenvalue weighted by atomic mass is 79.9. The second-order valence-electron chi connectivity index (χ2n) is 39.6. The number of nitrogens with zero attached hydrogens (tertiary/aromatic N) is 18. The van der Waals surface area contributed by atoms with Gasteiger partial charge in [-0.2, -0.15) is 21.0 Å². The molecular weight excluding hydrogens is 1990 g/mol. The molecule has 5 aliphatic rings. The molecule has 5 aliphatic heterocycles. The molecule has 47 heteroatoms. The monoisotopic (exact) mass is 2110 g/mol. The van der Waals surface area contributed by atoms with Crippen LogP contribution >= 0.6 is 97.5 Å². The van der Waals surface area contributed by atoms with Gasteiger partial charge in [0, 0.05) is 88.3 Å². The van der Waals surface area contributed by atoms with Gasteiger partial charge in [0.1, 0.15) is 73.0 Å². The van der Waals surface area contributed by atoms with Crippen LogP contribution in [0.1, 0.15) is 215 Å². The van der Waals surface area contributed by atoms with Crippen LogP contribution in [-0.4, -0.2) is 201 Å². The van der Waals surface area contributed by atoms with Crippen molar-refractivity contribution in [3.8, 4) is 24.3 Å². The van der Waals surface area contributed by atoms with Gasteiger partial charge in [0.2, 0.25) is 0 Å². The third-order valence-electron chi connectivity index (χ3n) is 22.6. The van der Waals surface area contributed by atoms with Gasteiger partial charge >= 0.3 is 24.4 Å². The number of aromatic nitrogens is 10. The predicted molar refractivity (Wildman–Crippen MR) is 548 cm³/mol. The number of nitrogen functional groups attached to an aromatic ring is 5. The van der Waals surface area contributed by atoms with Crippen molar-refractivity contribution in [2.75, 3.05) is 146 Å². The first-order valence-electron chi connectivity index (χ1n) is 44.8. The maximum Gasteiger partial charge on any atom is 0.407 e. The Labute approximate surface area is 854 Å². The lowest BCUT2D eigenvalue weighted by Gasteiger charge is -2.40. The van der Waals surface area contributed by atoms with Crippen LogP contribution in [0.3, 0.4) is 0 Å². The molecule has 2 aromatic carbocycles. The molecule has 0 atom stereocenters. The van der Waals surface area contributed by atoms with Crippen LogP contribution in [0.2, 0.25) is 25.2 Å². The summed E-state index contributed by atoms with van der Waals surface area (Å²) in [7, 11) is 0. The molecule has 139 heavy (non-hydrogen) atoms. The highest BCUT2D eigenvalue weighted by Crippen LogP contribution is 2.44. The van der Waals surface area contributed by atoms with Gasteiger partial charge in [-0.05, 0) is 234 Å². The largest absolute Gasteiger partial charge is 0.444 e. The molecule has 19 N–H and O–H groups in total. The van der Waals surface area contributed by atoms with E-state index in [2.05, 4.69) is 145 Å². The summed E-state index contributed by atoms with van der Waals surface area (Å²) in [6.45, 7) is 43.5. The highest BCUT2D eigenvalue weighted by molar-refractivity contribution is 9.10. The third-order valence-corrected chi connectivity index (χ3v) is 27.5. The second kappa shape index (κ2) is 50.5. The fraction of sp³-hybridized carbons (Fsp3) is 0.554. The Morgan fingerprint density at radius 2 is 0.741 bits per heavy atom. The maximum absolute atomic E-state index is 12.1. The Morgan fingerprint density at radius 3 is 1.09 bits per heavy atom. The molecule has 0 bridgehead atoms. The van der Waals surface area contributed by atoms with Crippen molar-refractivity contribution in [3.05, 3.63) is 107 Å². The van der Waals surface area contributed by atoms with E-state index in [1.165, 1.54) is 35.9 Å². The van der Waals surface area contributed by atoms with Gasteiger partial charge in [-0.1, -0.05) is 128 Å². The number of hydrogen-bond acceptors (Lipinski definition) is 36. The van der Waals surface area contributed by atoms with E-state index in [0.29, 0.717) is 146 Å². The quantitative estimate of drug-likeness (QED) is 0.0355. The standard InChI is InChI=1S/C23H28Cl2N6O2S.C18H22Cl2N6OS.C17H25BrN6O2.C17H26N6O2.C12H24N2O2.C5H3ClN4/c1-22(2,3)33-21(32)28-13-23(4)8-10-31(11-9-23)19-15(12-26)29-20(18(27)30-19)34-16-7-5-6-14(24)17(16)25;1-18(9-21)5-7-26(8-6-18)16-13(15(23)27)24-17(14(22)25-16)28-11-4-2-3-10(19)12(11)20;1-16(2,3)26-15(25)21-10-17(4)5-7-24(8-6-17)14-11(9-19)22-12(18)13(20)23-14;1-16(2,3)25-15(24)21-11-17(4)5-7-23(8-6-17)14-12(9-18)20-10-13(19)22-14;1-11(2,3)16-10(15)14-9-12(4)5-7-13-8-6-12;6-5-3(1-7)9-2-4(8)10-5/h5-7H,8-11,13H2,1-4H3,(H2,27,30)(H,28,32);2-4H,5-9,21H2,1H3,(H2,22,25)(H2,23,27);5-8,10H2,1-4H3,(H2,20,23)(H,21,25);10H,5-8,11H2,1-4H3,(H2,19,22)(H,21,24);13H,5-9H2,1-4H3,(H,14,15);2H,(H2,8,10). The third kappa shape index (κ3) is 36.9. The van der Waals surface area contributed by atoms with Crippen molar-refractivity contribution in [2.24, 2.45) is 38.5 Å². The second-order valence-corrected chi connectivity index (χ2v) is 44.4. The summed E-state index contributed by atoms with van der Waals surface area (Å²) in [5.41, 5.74) is 39.6. The first kappa shape index (κ1) is 115. The molecule has 754 valence electrons. The van der Waals surface area contributed by atoms with Crippen molar-refractivity contribution in [1.29, 1.82) is 21.0 Å². The van der Waals surface area contributed by atoms with Crippen molar-refractivity contribution in [1.82, 2.24) is 76.4 Å². The van der Waals surface area contributed by atoms with Crippen LogP contribution in [0.4, 0.5) is 71.5 Å². The van der Waals surface area contributed by atoms with E-state index < -0.39 is 46.6 Å². The number of alkyl carbamates (subject to hydrolysis) is 4. The molecule has 12 rings (SSSR count). The number of rotatable bonds is 18. The summed E-state index contributed by atoms with van der Waals surface area (Å²) in [6, 6.07) is 18.5. The van der Waals surface area contributed by atoms with Crippen LogP contribution < -0.4 is 86.3 Å². The van der Waals surface area contributed by atoms with E-state index in [1.54, 1.807) is 42.5 Å². The average Bonchev–Trinajstić information content (AvgIpc) is 0.794. The molecule has 39 nitrogen and oxygen atoms in total. The van der Waals surface area contributed by atoms with Crippen LogP contribution in [0.15, 0.2) is 73.2 Å². The number of hydrogen-bond donors (Lipinski definition) is 12. The summed E-state index contributed by atoms with van der Waals surface area (Å²) in [6.07, 6.45) is 10.1. The lowest BCUT2D eigenvalue weighted by atomic mass is 9.80. The molecule has 5 aromatic heterocycles. The smallest absolute Gasteiger partial charge is 0.407 e. The molecular formula is C92H128BrCl5N30O9S2. The molecule has 5 amide bonds. The minimum absolute atomic E-state index is 0.0338. The Balaban J connectivity index is 0.000000233. The average molecular weight is 2120 g/mol. The summed E-state index contributed by atoms with van der Waals surface area (Å²) in [4.78, 5) is 110. The number of nitrogens with two attached hydrogens (primary N) is 7. The number of amides is 5. The first-order valence-corrected chi connectivity index (χ1v) is 49.2. The van der Waals surface area contributed by atoms with E-state index in [-0.39, 0.29) is 90.1 Å². The van der Waals surface area contributed by atoms with Crippen LogP contribution in [0, 0.1) is 72.4 Å². The van der Waals surface area contributed by atoms with Crippen molar-refractivity contribution < 1.29 is 42.9 Å². The number of primary amides is 1. The molecule has 10 heterocycles. The SMILES string of the molecule is CC1(CN)CCN(c2nc(N)c(Sc3cccc(Cl)c3Cl)nc2C(N)=O)CC1.CC1(CNC(=O)OC(C)(C)C)CCN(c2nc(N)c(Br)nc2C#N)CC1.CC1(CNC(=O)OC(C)(C)C)CCN(c2nc(N)c(Sc3cccc(Cl)c3Cl)nc2C#N)CC1.CC1(CNC(=O)OC(C)(C)C)CCN(c2nc(N)cnc2C#N)CC1.CC1(CNC(=O)OC(C)(C)C)CCNCC1.N#Cc1ncc(N)nc1Cl. The van der Waals surface area contributed by atoms with Gasteiger partial charge in [-0.25, -0.2) is 69.0 Å². The number of nitrogens with one attached hydrogen (secondary N) is 5. The molecule has 0 saturated carbocycles. The molecule has 5 saturated heterocycles. The maximum atomic E-state index is 12.1. The zero-order valence-electron chi connectivity index (χ0n) is 81.6. The number of carbonyl (C=O) groups is 5.